The van der Waals surface area contributed by atoms with E-state index in [-0.39, 0.29) is 5.02 Å². The number of halogens is 2. The summed E-state index contributed by atoms with van der Waals surface area (Å²) in [5, 5.41) is 9.03. The molecule has 1 aliphatic heterocycles. The highest BCUT2D eigenvalue weighted by molar-refractivity contribution is 6.31. The number of rotatable bonds is 4. The fourth-order valence-electron chi connectivity index (χ4n) is 2.23. The lowest BCUT2D eigenvalue weighted by molar-refractivity contribution is 0.0691. The highest BCUT2D eigenvalue weighted by atomic mass is 35.5. The predicted molar refractivity (Wildman–Crippen MR) is 75.5 cm³/mol. The van der Waals surface area contributed by atoms with Crippen LogP contribution in [0, 0.1) is 11.7 Å². The molecule has 0 fully saturated rings. The summed E-state index contributed by atoms with van der Waals surface area (Å²) < 4.78 is 19.4. The van der Waals surface area contributed by atoms with Crippen molar-refractivity contribution in [1.29, 1.82) is 0 Å². The Labute approximate surface area is 122 Å². The maximum Gasteiger partial charge on any atom is 0.341 e. The Bertz CT molecular complexity index is 534. The molecule has 20 heavy (non-hydrogen) atoms. The molecule has 0 bridgehead atoms. The van der Waals surface area contributed by atoms with Crippen molar-refractivity contribution in [2.24, 2.45) is 5.92 Å². The third-order valence-electron chi connectivity index (χ3n) is 3.28. The molecule has 0 amide bonds. The van der Waals surface area contributed by atoms with E-state index in [9.17, 15) is 14.3 Å². The molecule has 0 radical (unpaired) electrons. The van der Waals surface area contributed by atoms with Gasteiger partial charge in [0, 0.05) is 12.6 Å². The number of fused-ring (bicyclic) bond motifs is 1. The Balaban J connectivity index is 2.47. The zero-order valence-electron chi connectivity index (χ0n) is 11.4. The summed E-state index contributed by atoms with van der Waals surface area (Å²) in [6, 6.07) is 1.35. The number of anilines is 1. The number of carboxylic acids is 1. The fraction of sp³-hybridized carbons (Fsp3) is 0.500. The Morgan fingerprint density at radius 1 is 1.60 bits per heavy atom. The van der Waals surface area contributed by atoms with Crippen molar-refractivity contribution < 1.29 is 19.0 Å². The summed E-state index contributed by atoms with van der Waals surface area (Å²) in [6.45, 7) is 5.81. The lowest BCUT2D eigenvalue weighted by Gasteiger charge is -2.33. The molecule has 0 aliphatic carbocycles. The summed E-state index contributed by atoms with van der Waals surface area (Å²) in [5.41, 5.74) is -0.109. The van der Waals surface area contributed by atoms with E-state index >= 15 is 0 Å². The van der Waals surface area contributed by atoms with Gasteiger partial charge in [0.25, 0.3) is 0 Å². The second-order valence-corrected chi connectivity index (χ2v) is 5.62. The summed E-state index contributed by atoms with van der Waals surface area (Å²) in [6.07, 6.45) is 0.892. The molecular weight excluding hydrogens is 285 g/mol. The van der Waals surface area contributed by atoms with E-state index in [2.05, 4.69) is 13.8 Å². The van der Waals surface area contributed by atoms with Crippen LogP contribution in [-0.2, 0) is 0 Å². The number of hydrogen-bond donors (Lipinski definition) is 1. The Hall–Kier alpha value is -1.49. The maximum absolute atomic E-state index is 14.0. The predicted octanol–water partition coefficient (Wildman–Crippen LogP) is 3.42. The van der Waals surface area contributed by atoms with Crippen LogP contribution in [0.25, 0.3) is 0 Å². The molecule has 1 aromatic rings. The monoisotopic (exact) mass is 301 g/mol. The van der Waals surface area contributed by atoms with Crippen molar-refractivity contribution in [3.05, 3.63) is 22.5 Å². The Kier molecular flexibility index (Phi) is 4.38. The van der Waals surface area contributed by atoms with Crippen LogP contribution in [0.5, 0.6) is 5.75 Å². The molecule has 1 aliphatic rings. The molecule has 2 rings (SSSR count). The molecule has 4 nitrogen and oxygen atoms in total. The minimum atomic E-state index is -1.33. The molecule has 1 N–H and O–H groups in total. The first-order chi connectivity index (χ1) is 9.41. The summed E-state index contributed by atoms with van der Waals surface area (Å²) in [5.74, 6) is -1.42. The average Bonchev–Trinajstić information content (AvgIpc) is 2.37. The minimum absolute atomic E-state index is 0.230. The lowest BCUT2D eigenvalue weighted by Crippen LogP contribution is -2.35. The van der Waals surface area contributed by atoms with Crippen LogP contribution in [-0.4, -0.2) is 30.8 Å². The van der Waals surface area contributed by atoms with Crippen LogP contribution in [0.3, 0.4) is 0 Å². The summed E-state index contributed by atoms with van der Waals surface area (Å²) in [4.78, 5) is 13.2. The first-order valence-electron chi connectivity index (χ1n) is 6.54. The van der Waals surface area contributed by atoms with Crippen molar-refractivity contribution in [2.45, 2.75) is 20.3 Å². The molecule has 0 saturated carbocycles. The minimum Gasteiger partial charge on any atom is -0.489 e. The van der Waals surface area contributed by atoms with Gasteiger partial charge in [0.1, 0.15) is 17.9 Å². The average molecular weight is 302 g/mol. The molecule has 0 aromatic heterocycles. The van der Waals surface area contributed by atoms with E-state index in [1.54, 1.807) is 0 Å². The van der Waals surface area contributed by atoms with Crippen molar-refractivity contribution in [1.82, 2.24) is 0 Å². The van der Waals surface area contributed by atoms with Gasteiger partial charge in [0.15, 0.2) is 5.82 Å². The van der Waals surface area contributed by atoms with Crippen molar-refractivity contribution in [3.8, 4) is 5.75 Å². The molecule has 0 spiro atoms. The van der Waals surface area contributed by atoms with Gasteiger partial charge in [-0.3, -0.25) is 0 Å². The zero-order chi connectivity index (χ0) is 14.9. The normalized spacial score (nSPS) is 14.2. The third-order valence-corrected chi connectivity index (χ3v) is 3.56. The van der Waals surface area contributed by atoms with Crippen LogP contribution in [0.2, 0.25) is 5.02 Å². The van der Waals surface area contributed by atoms with Crippen LogP contribution in [0.15, 0.2) is 6.07 Å². The molecule has 0 saturated heterocycles. The van der Waals surface area contributed by atoms with Crippen molar-refractivity contribution in [3.63, 3.8) is 0 Å². The van der Waals surface area contributed by atoms with Gasteiger partial charge in [-0.25, -0.2) is 9.18 Å². The highest BCUT2D eigenvalue weighted by Crippen LogP contribution is 2.40. The molecule has 0 unspecified atom stereocenters. The first-order valence-corrected chi connectivity index (χ1v) is 6.92. The van der Waals surface area contributed by atoms with Crippen LogP contribution >= 0.6 is 11.6 Å². The number of benzene rings is 1. The van der Waals surface area contributed by atoms with E-state index in [0.717, 1.165) is 6.42 Å². The first kappa shape index (κ1) is 14.9. The molecule has 1 heterocycles. The maximum atomic E-state index is 14.0. The van der Waals surface area contributed by atoms with Gasteiger partial charge in [-0.15, -0.1) is 0 Å². The van der Waals surface area contributed by atoms with Gasteiger partial charge in [-0.1, -0.05) is 25.4 Å². The van der Waals surface area contributed by atoms with E-state index < -0.39 is 17.3 Å². The van der Waals surface area contributed by atoms with Crippen LogP contribution in [0.4, 0.5) is 10.1 Å². The van der Waals surface area contributed by atoms with Gasteiger partial charge in [0.2, 0.25) is 0 Å². The standard InChI is InChI=1S/C14H17ClFNO3/c1-8(2)3-4-17-5-6-20-10-7-9(15)12(16)11(13(10)17)14(18)19/h7-8H,3-6H2,1-2H3,(H,18,19). The second-order valence-electron chi connectivity index (χ2n) is 5.22. The quantitative estimate of drug-likeness (QED) is 0.926. The number of carboxylic acid groups (broad SMARTS) is 1. The van der Waals surface area contributed by atoms with Crippen molar-refractivity contribution in [2.75, 3.05) is 24.6 Å². The van der Waals surface area contributed by atoms with Gasteiger partial charge < -0.3 is 14.7 Å². The third kappa shape index (κ3) is 2.82. The van der Waals surface area contributed by atoms with Gasteiger partial charge in [-0.2, -0.15) is 0 Å². The van der Waals surface area contributed by atoms with E-state index in [4.69, 9.17) is 16.3 Å². The lowest BCUT2D eigenvalue weighted by atomic mass is 10.1. The molecule has 110 valence electrons. The van der Waals surface area contributed by atoms with E-state index in [1.165, 1.54) is 6.07 Å². The Morgan fingerprint density at radius 2 is 2.30 bits per heavy atom. The van der Waals surface area contributed by atoms with Crippen LogP contribution in [0.1, 0.15) is 30.6 Å². The highest BCUT2D eigenvalue weighted by Gasteiger charge is 2.29. The molecule has 0 atom stereocenters. The van der Waals surface area contributed by atoms with E-state index in [1.807, 2.05) is 4.90 Å². The summed E-state index contributed by atoms with van der Waals surface area (Å²) in [7, 11) is 0. The molecule has 6 heteroatoms. The largest absolute Gasteiger partial charge is 0.489 e. The number of aromatic carboxylic acids is 1. The number of hydrogen-bond acceptors (Lipinski definition) is 3. The van der Waals surface area contributed by atoms with Gasteiger partial charge >= 0.3 is 5.97 Å². The number of nitrogens with zero attached hydrogens (tertiary/aromatic N) is 1. The number of carbonyl (C=O) groups is 1. The van der Waals surface area contributed by atoms with E-state index in [0.29, 0.717) is 37.1 Å². The molecular formula is C14H17ClFNO3. The fourth-order valence-corrected chi connectivity index (χ4v) is 2.42. The molecule has 1 aromatic carbocycles. The van der Waals surface area contributed by atoms with Crippen LogP contribution < -0.4 is 9.64 Å². The number of ether oxygens (including phenoxy) is 1. The Morgan fingerprint density at radius 3 is 2.90 bits per heavy atom. The summed E-state index contributed by atoms with van der Waals surface area (Å²) >= 11 is 5.73. The second kappa shape index (κ2) is 5.87. The van der Waals surface area contributed by atoms with Crippen molar-refractivity contribution >= 4 is 23.3 Å². The smallest absolute Gasteiger partial charge is 0.341 e. The van der Waals surface area contributed by atoms with Gasteiger partial charge in [-0.05, 0) is 12.3 Å². The van der Waals surface area contributed by atoms with Gasteiger partial charge in [0.05, 0.1) is 17.3 Å². The topological polar surface area (TPSA) is 49.8 Å². The SMILES string of the molecule is CC(C)CCN1CCOc2cc(Cl)c(F)c(C(=O)O)c21. The zero-order valence-corrected chi connectivity index (χ0v) is 12.2.